The van der Waals surface area contributed by atoms with Crippen LogP contribution in [0.15, 0.2) is 35.2 Å². The van der Waals surface area contributed by atoms with Crippen molar-refractivity contribution in [2.45, 2.75) is 4.90 Å². The van der Waals surface area contributed by atoms with Gasteiger partial charge in [0.15, 0.2) is 0 Å². The van der Waals surface area contributed by atoms with Gasteiger partial charge in [0.1, 0.15) is 5.76 Å². The molecular weight excluding hydrogens is 228 g/mol. The highest BCUT2D eigenvalue weighted by Gasteiger charge is 2.10. The number of carboxylic acid groups (broad SMARTS) is 1. The molecule has 1 aromatic rings. The first-order valence-electron chi connectivity index (χ1n) is 4.37. The lowest BCUT2D eigenvalue weighted by molar-refractivity contribution is -0.146. The average molecular weight is 238 g/mol. The Hall–Kier alpha value is -1.75. The fourth-order valence-corrected chi connectivity index (χ4v) is 1.44. The molecule has 84 valence electrons. The van der Waals surface area contributed by atoms with Crippen LogP contribution >= 0.6 is 11.8 Å². The highest BCUT2D eigenvalue weighted by atomic mass is 32.2. The van der Waals surface area contributed by atoms with Crippen molar-refractivity contribution in [3.63, 3.8) is 0 Å². The van der Waals surface area contributed by atoms with Crippen LogP contribution in [0.4, 0.5) is 0 Å². The summed E-state index contributed by atoms with van der Waals surface area (Å²) < 4.78 is 0. The van der Waals surface area contributed by atoms with E-state index in [-0.39, 0.29) is 5.76 Å². The summed E-state index contributed by atoms with van der Waals surface area (Å²) >= 11 is 1.55. The van der Waals surface area contributed by atoms with Gasteiger partial charge < -0.3 is 10.2 Å². The Kier molecular flexibility index (Phi) is 4.13. The Morgan fingerprint density at radius 1 is 1.19 bits per heavy atom. The first kappa shape index (κ1) is 12.3. The zero-order valence-electron chi connectivity index (χ0n) is 8.51. The SMILES string of the molecule is CSc1ccc(/C(O)=C/C(=O)C(=O)O)cc1. The summed E-state index contributed by atoms with van der Waals surface area (Å²) in [5.74, 6) is -3.08. The Balaban J connectivity index is 2.91. The number of aliphatic hydroxyl groups is 1. The van der Waals surface area contributed by atoms with E-state index in [0.29, 0.717) is 11.6 Å². The molecule has 0 fully saturated rings. The predicted octanol–water partition coefficient (Wildman–Crippen LogP) is 1.96. The van der Waals surface area contributed by atoms with Gasteiger partial charge in [-0.25, -0.2) is 4.79 Å². The molecule has 0 aliphatic rings. The van der Waals surface area contributed by atoms with Crippen molar-refractivity contribution in [1.29, 1.82) is 0 Å². The molecule has 0 heterocycles. The quantitative estimate of drug-likeness (QED) is 0.363. The maximum Gasteiger partial charge on any atom is 0.376 e. The number of carbonyl (C=O) groups excluding carboxylic acids is 1. The number of benzene rings is 1. The molecule has 0 aliphatic carbocycles. The van der Waals surface area contributed by atoms with Crippen molar-refractivity contribution in [3.8, 4) is 0 Å². The van der Waals surface area contributed by atoms with Gasteiger partial charge in [-0.3, -0.25) is 4.79 Å². The third-order valence-electron chi connectivity index (χ3n) is 1.86. The third kappa shape index (κ3) is 3.13. The van der Waals surface area contributed by atoms with Crippen LogP contribution in [0.1, 0.15) is 5.56 Å². The van der Waals surface area contributed by atoms with Crippen LogP contribution in [0.3, 0.4) is 0 Å². The number of thioether (sulfide) groups is 1. The second kappa shape index (κ2) is 5.37. The van der Waals surface area contributed by atoms with Crippen molar-refractivity contribution in [2.24, 2.45) is 0 Å². The minimum Gasteiger partial charge on any atom is -0.507 e. The lowest BCUT2D eigenvalue weighted by atomic mass is 10.1. The second-order valence-electron chi connectivity index (χ2n) is 2.93. The minimum atomic E-state index is -1.59. The third-order valence-corrected chi connectivity index (χ3v) is 2.61. The number of hydrogen-bond donors (Lipinski definition) is 2. The van der Waals surface area contributed by atoms with Gasteiger partial charge in [0.25, 0.3) is 5.78 Å². The van der Waals surface area contributed by atoms with E-state index >= 15 is 0 Å². The maximum atomic E-state index is 10.8. The van der Waals surface area contributed by atoms with Gasteiger partial charge in [-0.1, -0.05) is 12.1 Å². The van der Waals surface area contributed by atoms with E-state index in [0.717, 1.165) is 4.90 Å². The highest BCUT2D eigenvalue weighted by molar-refractivity contribution is 7.98. The first-order chi connectivity index (χ1) is 7.54. The van der Waals surface area contributed by atoms with E-state index in [1.54, 1.807) is 36.0 Å². The summed E-state index contributed by atoms with van der Waals surface area (Å²) in [7, 11) is 0. The van der Waals surface area contributed by atoms with Gasteiger partial charge in [-0.2, -0.15) is 0 Å². The second-order valence-corrected chi connectivity index (χ2v) is 3.81. The number of carbonyl (C=O) groups is 2. The zero-order chi connectivity index (χ0) is 12.1. The van der Waals surface area contributed by atoms with Crippen molar-refractivity contribution >= 4 is 29.3 Å². The number of carboxylic acids is 1. The molecule has 0 unspecified atom stereocenters. The molecule has 0 saturated heterocycles. The summed E-state index contributed by atoms with van der Waals surface area (Å²) in [6, 6.07) is 6.78. The lowest BCUT2D eigenvalue weighted by Crippen LogP contribution is -2.09. The number of aliphatic hydroxyl groups excluding tert-OH is 1. The molecule has 0 radical (unpaired) electrons. The predicted molar refractivity (Wildman–Crippen MR) is 61.5 cm³/mol. The minimum absolute atomic E-state index is 0.347. The largest absolute Gasteiger partial charge is 0.507 e. The van der Waals surface area contributed by atoms with Crippen LogP contribution in [-0.2, 0) is 9.59 Å². The molecule has 0 atom stereocenters. The molecule has 5 heteroatoms. The van der Waals surface area contributed by atoms with Crippen LogP contribution in [0.2, 0.25) is 0 Å². The molecule has 0 bridgehead atoms. The molecule has 16 heavy (non-hydrogen) atoms. The van der Waals surface area contributed by atoms with Gasteiger partial charge in [0.05, 0.1) is 0 Å². The standard InChI is InChI=1S/C11H10O4S/c1-16-8-4-2-7(3-5-8)9(12)6-10(13)11(14)15/h2-6,12H,1H3,(H,14,15)/b9-6-. The summed E-state index contributed by atoms with van der Waals surface area (Å²) in [5, 5.41) is 17.8. The summed E-state index contributed by atoms with van der Waals surface area (Å²) in [5.41, 5.74) is 0.410. The van der Waals surface area contributed by atoms with Crippen LogP contribution in [0.25, 0.3) is 5.76 Å². The molecule has 0 aromatic heterocycles. The number of hydrogen-bond acceptors (Lipinski definition) is 4. The summed E-state index contributed by atoms with van der Waals surface area (Å²) in [6.45, 7) is 0. The van der Waals surface area contributed by atoms with Crippen molar-refractivity contribution in [3.05, 3.63) is 35.9 Å². The van der Waals surface area contributed by atoms with E-state index in [4.69, 9.17) is 5.11 Å². The van der Waals surface area contributed by atoms with Crippen molar-refractivity contribution < 1.29 is 19.8 Å². The van der Waals surface area contributed by atoms with E-state index in [1.165, 1.54) is 0 Å². The van der Waals surface area contributed by atoms with Gasteiger partial charge in [0.2, 0.25) is 0 Å². The zero-order valence-corrected chi connectivity index (χ0v) is 9.32. The molecule has 2 N–H and O–H groups in total. The lowest BCUT2D eigenvalue weighted by Gasteiger charge is -2.00. The number of aliphatic carboxylic acids is 1. The smallest absolute Gasteiger partial charge is 0.376 e. The Morgan fingerprint density at radius 3 is 2.19 bits per heavy atom. The molecule has 0 spiro atoms. The Bertz CT molecular complexity index is 434. The summed E-state index contributed by atoms with van der Waals surface area (Å²) in [4.78, 5) is 22.1. The molecule has 0 saturated carbocycles. The van der Waals surface area contributed by atoms with Gasteiger partial charge in [-0.15, -0.1) is 11.8 Å². The van der Waals surface area contributed by atoms with Gasteiger partial charge in [-0.05, 0) is 18.4 Å². The molecule has 0 aliphatic heterocycles. The fraction of sp³-hybridized carbons (Fsp3) is 0.0909. The fourth-order valence-electron chi connectivity index (χ4n) is 1.03. The molecular formula is C11H10O4S. The highest BCUT2D eigenvalue weighted by Crippen LogP contribution is 2.18. The van der Waals surface area contributed by atoms with Crippen LogP contribution in [0.5, 0.6) is 0 Å². The van der Waals surface area contributed by atoms with Gasteiger partial charge >= 0.3 is 5.97 Å². The summed E-state index contributed by atoms with van der Waals surface area (Å²) in [6.07, 6.45) is 2.61. The Labute approximate surface area is 96.6 Å². The Morgan fingerprint density at radius 2 is 1.75 bits per heavy atom. The van der Waals surface area contributed by atoms with Crippen LogP contribution < -0.4 is 0 Å². The van der Waals surface area contributed by atoms with E-state index in [2.05, 4.69) is 0 Å². The van der Waals surface area contributed by atoms with Crippen molar-refractivity contribution in [1.82, 2.24) is 0 Å². The average Bonchev–Trinajstić information content (AvgIpc) is 2.28. The number of ketones is 1. The first-order valence-corrected chi connectivity index (χ1v) is 5.59. The topological polar surface area (TPSA) is 74.6 Å². The van der Waals surface area contributed by atoms with Crippen molar-refractivity contribution in [2.75, 3.05) is 6.26 Å². The van der Waals surface area contributed by atoms with Crippen LogP contribution in [0, 0.1) is 0 Å². The van der Waals surface area contributed by atoms with E-state index in [9.17, 15) is 14.7 Å². The maximum absolute atomic E-state index is 10.8. The normalized spacial score (nSPS) is 11.2. The van der Waals surface area contributed by atoms with E-state index in [1.807, 2.05) is 6.26 Å². The molecule has 1 aromatic carbocycles. The van der Waals surface area contributed by atoms with E-state index < -0.39 is 11.8 Å². The molecule has 0 amide bonds. The van der Waals surface area contributed by atoms with Gasteiger partial charge in [0, 0.05) is 16.5 Å². The molecule has 4 nitrogen and oxygen atoms in total. The monoisotopic (exact) mass is 238 g/mol. The number of rotatable bonds is 4. The van der Waals surface area contributed by atoms with Crippen LogP contribution in [-0.4, -0.2) is 28.2 Å². The molecule has 1 rings (SSSR count).